The first-order chi connectivity index (χ1) is 13.8. The van der Waals surface area contributed by atoms with Crippen LogP contribution in [0.25, 0.3) is 0 Å². The molecule has 1 N–H and O–H groups in total. The lowest BCUT2D eigenvalue weighted by Crippen LogP contribution is -2.31. The summed E-state index contributed by atoms with van der Waals surface area (Å²) in [6, 6.07) is 11.8. The first-order valence-corrected chi connectivity index (χ1v) is 9.33. The molecule has 1 unspecified atom stereocenters. The molecule has 7 nitrogen and oxygen atoms in total. The fourth-order valence-electron chi connectivity index (χ4n) is 3.11. The lowest BCUT2D eigenvalue weighted by atomic mass is 10.1. The Balaban J connectivity index is 1.57. The van der Waals surface area contributed by atoms with Crippen LogP contribution in [0.4, 0.5) is 0 Å². The molecule has 0 bridgehead atoms. The number of amides is 3. The van der Waals surface area contributed by atoms with Crippen molar-refractivity contribution in [3.8, 4) is 0 Å². The van der Waals surface area contributed by atoms with E-state index in [1.165, 1.54) is 30.8 Å². The Hall–Kier alpha value is -3.48. The molecule has 0 radical (unpaired) electrons. The number of nitrogens with zero attached hydrogens (tertiary/aromatic N) is 1. The molecule has 1 aliphatic rings. The molecule has 0 aliphatic carbocycles. The van der Waals surface area contributed by atoms with Gasteiger partial charge < -0.3 is 10.1 Å². The molecule has 1 atom stereocenters. The minimum atomic E-state index is -0.738. The first-order valence-electron chi connectivity index (χ1n) is 9.33. The molecule has 29 heavy (non-hydrogen) atoms. The highest BCUT2D eigenvalue weighted by Gasteiger charge is 2.33. The van der Waals surface area contributed by atoms with E-state index in [1.54, 1.807) is 0 Å². The second kappa shape index (κ2) is 8.26. The third kappa shape index (κ3) is 4.18. The van der Waals surface area contributed by atoms with Gasteiger partial charge in [0.1, 0.15) is 0 Å². The Bertz CT molecular complexity index is 981. The van der Waals surface area contributed by atoms with Crippen molar-refractivity contribution in [3.63, 3.8) is 0 Å². The number of imide groups is 1. The van der Waals surface area contributed by atoms with Crippen molar-refractivity contribution in [2.45, 2.75) is 26.3 Å². The largest absolute Gasteiger partial charge is 0.452 e. The van der Waals surface area contributed by atoms with Gasteiger partial charge in [-0.15, -0.1) is 0 Å². The zero-order valence-electron chi connectivity index (χ0n) is 16.5. The van der Waals surface area contributed by atoms with Crippen LogP contribution in [0.1, 0.15) is 62.1 Å². The highest BCUT2D eigenvalue weighted by molar-refractivity contribution is 6.21. The van der Waals surface area contributed by atoms with Gasteiger partial charge in [0.2, 0.25) is 0 Å². The van der Waals surface area contributed by atoms with Crippen LogP contribution in [0.5, 0.6) is 0 Å². The van der Waals surface area contributed by atoms with Gasteiger partial charge in [0.15, 0.2) is 6.61 Å². The molecule has 3 rings (SSSR count). The molecular formula is C22H22N2O5. The van der Waals surface area contributed by atoms with Crippen molar-refractivity contribution in [3.05, 3.63) is 70.3 Å². The predicted octanol–water partition coefficient (Wildman–Crippen LogP) is 2.51. The minimum Gasteiger partial charge on any atom is -0.452 e. The highest BCUT2D eigenvalue weighted by Crippen LogP contribution is 2.23. The van der Waals surface area contributed by atoms with Crippen molar-refractivity contribution in [1.29, 1.82) is 0 Å². The minimum absolute atomic E-state index is 0.108. The molecule has 0 saturated carbocycles. The van der Waals surface area contributed by atoms with Gasteiger partial charge in [0.25, 0.3) is 17.7 Å². The van der Waals surface area contributed by atoms with Gasteiger partial charge in [-0.25, -0.2) is 4.79 Å². The average molecular weight is 394 g/mol. The number of hydrogen-bond donors (Lipinski definition) is 1. The summed E-state index contributed by atoms with van der Waals surface area (Å²) >= 11 is 0. The molecular weight excluding hydrogens is 372 g/mol. The average Bonchev–Trinajstić information content (AvgIpc) is 2.95. The maximum Gasteiger partial charge on any atom is 0.338 e. The van der Waals surface area contributed by atoms with Crippen molar-refractivity contribution < 1.29 is 23.9 Å². The van der Waals surface area contributed by atoms with Crippen LogP contribution in [-0.4, -0.2) is 42.2 Å². The lowest BCUT2D eigenvalue weighted by molar-refractivity contribution is -0.124. The third-order valence-electron chi connectivity index (χ3n) is 4.93. The number of benzene rings is 2. The van der Waals surface area contributed by atoms with Crippen LogP contribution in [0, 0.1) is 0 Å². The second-order valence-electron chi connectivity index (χ2n) is 6.89. The fraction of sp³-hybridized carbons (Fsp3) is 0.273. The number of fused-ring (bicyclic) bond motifs is 1. The Labute approximate surface area is 168 Å². The number of rotatable bonds is 6. The van der Waals surface area contributed by atoms with Crippen LogP contribution in [0.15, 0.2) is 42.5 Å². The van der Waals surface area contributed by atoms with E-state index in [0.29, 0.717) is 0 Å². The maximum atomic E-state index is 12.2. The normalized spacial score (nSPS) is 13.8. The van der Waals surface area contributed by atoms with E-state index in [0.717, 1.165) is 16.9 Å². The molecule has 2 aromatic carbocycles. The van der Waals surface area contributed by atoms with Crippen molar-refractivity contribution in [1.82, 2.24) is 10.2 Å². The molecule has 7 heteroatoms. The molecule has 150 valence electrons. The summed E-state index contributed by atoms with van der Waals surface area (Å²) in [7, 11) is 1.38. The molecule has 0 aromatic heterocycles. The highest BCUT2D eigenvalue weighted by atomic mass is 16.5. The van der Waals surface area contributed by atoms with E-state index in [4.69, 9.17) is 4.74 Å². The van der Waals surface area contributed by atoms with Gasteiger partial charge in [-0.1, -0.05) is 31.2 Å². The van der Waals surface area contributed by atoms with Crippen molar-refractivity contribution >= 4 is 23.7 Å². The molecule has 1 aliphatic heterocycles. The number of esters is 1. The van der Waals surface area contributed by atoms with Gasteiger partial charge in [0, 0.05) is 7.05 Å². The van der Waals surface area contributed by atoms with E-state index in [9.17, 15) is 19.2 Å². The van der Waals surface area contributed by atoms with Crippen LogP contribution >= 0.6 is 0 Å². The Kier molecular flexibility index (Phi) is 5.77. The molecule has 0 saturated heterocycles. The summed E-state index contributed by atoms with van der Waals surface area (Å²) in [5.74, 6) is -2.05. The van der Waals surface area contributed by atoms with Crippen LogP contribution in [-0.2, 0) is 16.0 Å². The number of nitrogens with one attached hydrogen (secondary N) is 1. The smallest absolute Gasteiger partial charge is 0.338 e. The van der Waals surface area contributed by atoms with Crippen LogP contribution in [0.3, 0.4) is 0 Å². The van der Waals surface area contributed by atoms with Gasteiger partial charge in [0.05, 0.1) is 22.7 Å². The quantitative estimate of drug-likeness (QED) is 0.600. The number of hydrogen-bond acceptors (Lipinski definition) is 5. The summed E-state index contributed by atoms with van der Waals surface area (Å²) in [5.41, 5.74) is 2.67. The second-order valence-corrected chi connectivity index (χ2v) is 6.89. The zero-order chi connectivity index (χ0) is 21.1. The van der Waals surface area contributed by atoms with Gasteiger partial charge in [-0.3, -0.25) is 19.3 Å². The third-order valence-corrected chi connectivity index (χ3v) is 4.93. The standard InChI is InChI=1S/C22H22N2O5/c1-4-14-5-7-15(8-6-14)13(2)23-19(25)12-29-22(28)16-9-10-17-18(11-16)21(27)24(3)20(17)26/h5-11,13H,4,12H2,1-3H3,(H,23,25). The summed E-state index contributed by atoms with van der Waals surface area (Å²) in [4.78, 5) is 49.3. The van der Waals surface area contributed by atoms with Crippen LogP contribution < -0.4 is 5.32 Å². The van der Waals surface area contributed by atoms with Gasteiger partial charge in [-0.05, 0) is 42.7 Å². The summed E-state index contributed by atoms with van der Waals surface area (Å²) in [5, 5.41) is 2.78. The Morgan fingerprint density at radius 3 is 2.34 bits per heavy atom. The van der Waals surface area contributed by atoms with Crippen molar-refractivity contribution in [2.75, 3.05) is 13.7 Å². The summed E-state index contributed by atoms with van der Waals surface area (Å²) < 4.78 is 5.05. The fourth-order valence-corrected chi connectivity index (χ4v) is 3.11. The predicted molar refractivity (Wildman–Crippen MR) is 106 cm³/mol. The number of carbonyl (C=O) groups excluding carboxylic acids is 4. The number of ether oxygens (including phenoxy) is 1. The summed E-state index contributed by atoms with van der Waals surface area (Å²) in [6.45, 7) is 3.47. The molecule has 0 fully saturated rings. The topological polar surface area (TPSA) is 92.8 Å². The van der Waals surface area contributed by atoms with Gasteiger partial charge >= 0.3 is 5.97 Å². The van der Waals surface area contributed by atoms with E-state index >= 15 is 0 Å². The number of aryl methyl sites for hydroxylation is 1. The molecule has 2 aromatic rings. The Morgan fingerprint density at radius 1 is 1.03 bits per heavy atom. The van der Waals surface area contributed by atoms with E-state index in [2.05, 4.69) is 12.2 Å². The molecule has 1 heterocycles. The van der Waals surface area contributed by atoms with E-state index in [-0.39, 0.29) is 22.7 Å². The van der Waals surface area contributed by atoms with Gasteiger partial charge in [-0.2, -0.15) is 0 Å². The van der Waals surface area contributed by atoms with Crippen LogP contribution in [0.2, 0.25) is 0 Å². The Morgan fingerprint density at radius 2 is 1.69 bits per heavy atom. The molecule has 3 amide bonds. The zero-order valence-corrected chi connectivity index (χ0v) is 16.5. The monoisotopic (exact) mass is 394 g/mol. The van der Waals surface area contributed by atoms with Crippen molar-refractivity contribution in [2.24, 2.45) is 0 Å². The maximum absolute atomic E-state index is 12.2. The lowest BCUT2D eigenvalue weighted by Gasteiger charge is -2.15. The molecule has 0 spiro atoms. The number of carbonyl (C=O) groups is 4. The SMILES string of the molecule is CCc1ccc(C(C)NC(=O)COC(=O)c2ccc3c(c2)C(=O)N(C)C3=O)cc1. The van der Waals surface area contributed by atoms with E-state index in [1.807, 2.05) is 31.2 Å². The van der Waals surface area contributed by atoms with E-state index < -0.39 is 30.3 Å². The first kappa shape index (κ1) is 20.3. The summed E-state index contributed by atoms with van der Waals surface area (Å²) in [6.07, 6.45) is 0.940.